The van der Waals surface area contributed by atoms with Gasteiger partial charge in [-0.3, -0.25) is 4.79 Å². The molecule has 1 heterocycles. The van der Waals surface area contributed by atoms with E-state index in [0.717, 1.165) is 0 Å². The van der Waals surface area contributed by atoms with Gasteiger partial charge >= 0.3 is 0 Å². The zero-order valence-corrected chi connectivity index (χ0v) is 11.8. The van der Waals surface area contributed by atoms with E-state index in [-0.39, 0.29) is 29.8 Å². The molecule has 7 heteroatoms. The van der Waals surface area contributed by atoms with Crippen LogP contribution in [0.5, 0.6) is 5.75 Å². The van der Waals surface area contributed by atoms with E-state index in [1.165, 1.54) is 12.1 Å². The Morgan fingerprint density at radius 3 is 2.76 bits per heavy atom. The van der Waals surface area contributed by atoms with E-state index in [1.54, 1.807) is 24.3 Å². The lowest BCUT2D eigenvalue weighted by molar-refractivity contribution is -0.116. The number of anilines is 1. The number of nitrogens with one attached hydrogen (secondary N) is 1. The molecule has 0 bridgehead atoms. The summed E-state index contributed by atoms with van der Waals surface area (Å²) in [7, 11) is 0. The summed E-state index contributed by atoms with van der Waals surface area (Å²) in [5.74, 6) is -0.122. The van der Waals surface area contributed by atoms with Crippen molar-refractivity contribution in [2.75, 3.05) is 11.9 Å². The Morgan fingerprint density at radius 1 is 1.24 bits per heavy atom. The van der Waals surface area contributed by atoms with Crippen molar-refractivity contribution in [2.24, 2.45) is 0 Å². The second kappa shape index (κ2) is 7.54. The Hall–Kier alpha value is -2.21. The van der Waals surface area contributed by atoms with Crippen LogP contribution in [0.25, 0.3) is 0 Å². The van der Waals surface area contributed by atoms with Crippen LogP contribution in [0.1, 0.15) is 12.8 Å². The molecule has 0 saturated carbocycles. The fourth-order valence-electron chi connectivity index (χ4n) is 1.56. The molecule has 21 heavy (non-hydrogen) atoms. The maximum atomic E-state index is 13.3. The van der Waals surface area contributed by atoms with E-state index in [0.29, 0.717) is 12.2 Å². The molecule has 1 amide bonds. The van der Waals surface area contributed by atoms with E-state index in [9.17, 15) is 9.18 Å². The number of halogens is 2. The van der Waals surface area contributed by atoms with E-state index in [4.69, 9.17) is 16.3 Å². The largest absolute Gasteiger partial charge is 0.491 e. The predicted molar refractivity (Wildman–Crippen MR) is 76.8 cm³/mol. The zero-order valence-electron chi connectivity index (χ0n) is 11.1. The monoisotopic (exact) mass is 309 g/mol. The van der Waals surface area contributed by atoms with Crippen LogP contribution in [0, 0.1) is 5.82 Å². The molecule has 0 aliphatic carbocycles. The highest BCUT2D eigenvalue weighted by atomic mass is 35.5. The van der Waals surface area contributed by atoms with Crippen LogP contribution in [0.15, 0.2) is 36.4 Å². The molecule has 1 aromatic heterocycles. The number of rotatable bonds is 6. The highest BCUT2D eigenvalue weighted by Crippen LogP contribution is 2.15. The van der Waals surface area contributed by atoms with Crippen molar-refractivity contribution in [1.82, 2.24) is 10.2 Å². The Kier molecular flexibility index (Phi) is 5.45. The molecule has 0 aliphatic heterocycles. The third-order valence-electron chi connectivity index (χ3n) is 2.54. The van der Waals surface area contributed by atoms with Gasteiger partial charge in [-0.05, 0) is 30.7 Å². The molecule has 1 N–H and O–H groups in total. The first-order valence-corrected chi connectivity index (χ1v) is 6.69. The molecule has 2 rings (SSSR count). The molecule has 0 radical (unpaired) electrons. The number of hydrogen-bond acceptors (Lipinski definition) is 4. The number of ether oxygens (including phenoxy) is 1. The molecule has 110 valence electrons. The number of para-hydroxylation sites is 1. The van der Waals surface area contributed by atoms with Crippen molar-refractivity contribution in [3.8, 4) is 5.75 Å². The van der Waals surface area contributed by atoms with Crippen molar-refractivity contribution < 1.29 is 13.9 Å². The molecular formula is C14H13ClFN3O2. The van der Waals surface area contributed by atoms with Crippen molar-refractivity contribution in [1.29, 1.82) is 0 Å². The number of benzene rings is 1. The van der Waals surface area contributed by atoms with Gasteiger partial charge in [-0.2, -0.15) is 0 Å². The first-order valence-electron chi connectivity index (χ1n) is 6.31. The third-order valence-corrected chi connectivity index (χ3v) is 2.74. The van der Waals surface area contributed by atoms with Gasteiger partial charge in [-0.25, -0.2) is 4.39 Å². The summed E-state index contributed by atoms with van der Waals surface area (Å²) in [5.41, 5.74) is 0. The van der Waals surface area contributed by atoms with Gasteiger partial charge in [0.05, 0.1) is 6.61 Å². The SMILES string of the molecule is O=C(CCCOc1ccccc1F)Nc1ccc(Cl)nn1. The minimum Gasteiger partial charge on any atom is -0.491 e. The average Bonchev–Trinajstić information content (AvgIpc) is 2.48. The maximum Gasteiger partial charge on any atom is 0.225 e. The Balaban J connectivity index is 1.70. The topological polar surface area (TPSA) is 64.1 Å². The lowest BCUT2D eigenvalue weighted by Gasteiger charge is -2.07. The Morgan fingerprint density at radius 2 is 2.05 bits per heavy atom. The smallest absolute Gasteiger partial charge is 0.225 e. The van der Waals surface area contributed by atoms with Gasteiger partial charge in [-0.1, -0.05) is 23.7 Å². The lowest BCUT2D eigenvalue weighted by atomic mass is 10.3. The molecule has 0 spiro atoms. The molecular weight excluding hydrogens is 297 g/mol. The summed E-state index contributed by atoms with van der Waals surface area (Å²) in [6, 6.07) is 9.22. The van der Waals surface area contributed by atoms with Crippen LogP contribution in [-0.4, -0.2) is 22.7 Å². The number of carbonyl (C=O) groups is 1. The summed E-state index contributed by atoms with van der Waals surface area (Å²) in [5, 5.41) is 10.2. The Bertz CT molecular complexity index is 607. The van der Waals surface area contributed by atoms with Gasteiger partial charge in [-0.15, -0.1) is 10.2 Å². The number of nitrogens with zero attached hydrogens (tertiary/aromatic N) is 2. The average molecular weight is 310 g/mol. The molecule has 0 unspecified atom stereocenters. The molecule has 1 aromatic carbocycles. The molecule has 0 saturated heterocycles. The summed E-state index contributed by atoms with van der Waals surface area (Å²) in [6.45, 7) is 0.251. The summed E-state index contributed by atoms with van der Waals surface area (Å²) in [4.78, 5) is 11.6. The van der Waals surface area contributed by atoms with Crippen LogP contribution in [0.4, 0.5) is 10.2 Å². The second-order valence-corrected chi connectivity index (χ2v) is 4.56. The van der Waals surface area contributed by atoms with Gasteiger partial charge in [0, 0.05) is 6.42 Å². The first kappa shape index (κ1) is 15.2. The van der Waals surface area contributed by atoms with E-state index in [1.807, 2.05) is 0 Å². The van der Waals surface area contributed by atoms with Crippen molar-refractivity contribution in [3.05, 3.63) is 47.4 Å². The van der Waals surface area contributed by atoms with Gasteiger partial charge in [0.1, 0.15) is 0 Å². The van der Waals surface area contributed by atoms with E-state index < -0.39 is 5.82 Å². The van der Waals surface area contributed by atoms with Crippen LogP contribution in [-0.2, 0) is 4.79 Å². The minimum absolute atomic E-state index is 0.182. The lowest BCUT2D eigenvalue weighted by Crippen LogP contribution is -2.14. The van der Waals surface area contributed by atoms with Crippen LogP contribution >= 0.6 is 11.6 Å². The molecule has 0 aliphatic rings. The second-order valence-electron chi connectivity index (χ2n) is 4.17. The molecule has 0 fully saturated rings. The van der Waals surface area contributed by atoms with E-state index >= 15 is 0 Å². The summed E-state index contributed by atoms with van der Waals surface area (Å²) in [6.07, 6.45) is 0.694. The third kappa shape index (κ3) is 5.00. The van der Waals surface area contributed by atoms with Gasteiger partial charge in [0.2, 0.25) is 5.91 Å². The van der Waals surface area contributed by atoms with Crippen molar-refractivity contribution >= 4 is 23.3 Å². The molecule has 2 aromatic rings. The number of amides is 1. The standard InChI is InChI=1S/C14H13ClFN3O2/c15-12-7-8-13(19-18-12)17-14(20)6-3-9-21-11-5-2-1-4-10(11)16/h1-2,4-5,7-8H,3,6,9H2,(H,17,19,20). The van der Waals surface area contributed by atoms with Gasteiger partial charge in [0.25, 0.3) is 0 Å². The zero-order chi connectivity index (χ0) is 15.1. The fraction of sp³-hybridized carbons (Fsp3) is 0.214. The molecule has 5 nitrogen and oxygen atoms in total. The van der Waals surface area contributed by atoms with Crippen LogP contribution in [0.2, 0.25) is 5.15 Å². The number of carbonyl (C=O) groups excluding carboxylic acids is 1. The van der Waals surface area contributed by atoms with Gasteiger partial charge in [0.15, 0.2) is 22.5 Å². The van der Waals surface area contributed by atoms with Crippen molar-refractivity contribution in [2.45, 2.75) is 12.8 Å². The van der Waals surface area contributed by atoms with Gasteiger partial charge < -0.3 is 10.1 Å². The van der Waals surface area contributed by atoms with Crippen LogP contribution in [0.3, 0.4) is 0 Å². The summed E-state index contributed by atoms with van der Waals surface area (Å²) < 4.78 is 18.5. The van der Waals surface area contributed by atoms with Crippen LogP contribution < -0.4 is 10.1 Å². The predicted octanol–water partition coefficient (Wildman–Crippen LogP) is 3.07. The summed E-state index contributed by atoms with van der Waals surface area (Å²) >= 11 is 5.59. The maximum absolute atomic E-state index is 13.3. The highest BCUT2D eigenvalue weighted by Gasteiger charge is 2.05. The molecule has 0 atom stereocenters. The number of hydrogen-bond donors (Lipinski definition) is 1. The highest BCUT2D eigenvalue weighted by molar-refractivity contribution is 6.29. The van der Waals surface area contributed by atoms with E-state index in [2.05, 4.69) is 15.5 Å². The first-order chi connectivity index (χ1) is 10.1. The Labute approximate surface area is 126 Å². The van der Waals surface area contributed by atoms with Crippen molar-refractivity contribution in [3.63, 3.8) is 0 Å². The normalized spacial score (nSPS) is 10.2. The fourth-order valence-corrected chi connectivity index (χ4v) is 1.67. The quantitative estimate of drug-likeness (QED) is 0.833. The number of aromatic nitrogens is 2. The minimum atomic E-state index is -0.418.